The summed E-state index contributed by atoms with van der Waals surface area (Å²) in [5.74, 6) is 0.147. The highest BCUT2D eigenvalue weighted by molar-refractivity contribution is 6.30. The zero-order valence-electron chi connectivity index (χ0n) is 9.17. The van der Waals surface area contributed by atoms with Gasteiger partial charge in [-0.2, -0.15) is 0 Å². The van der Waals surface area contributed by atoms with Gasteiger partial charge in [-0.1, -0.05) is 17.7 Å². The first kappa shape index (κ1) is 11.7. The van der Waals surface area contributed by atoms with E-state index >= 15 is 0 Å². The summed E-state index contributed by atoms with van der Waals surface area (Å²) in [6.45, 7) is 1.87. The van der Waals surface area contributed by atoms with Gasteiger partial charge in [-0.15, -0.1) is 0 Å². The Balaban J connectivity index is 2.34. The van der Waals surface area contributed by atoms with Crippen LogP contribution in [0.4, 0.5) is 21.6 Å². The second-order valence-corrected chi connectivity index (χ2v) is 4.11. The molecule has 1 aromatic heterocycles. The molecule has 0 spiro atoms. The van der Waals surface area contributed by atoms with Gasteiger partial charge in [-0.05, 0) is 30.7 Å². The highest BCUT2D eigenvalue weighted by Crippen LogP contribution is 2.25. The van der Waals surface area contributed by atoms with Gasteiger partial charge in [0.05, 0.1) is 10.7 Å². The van der Waals surface area contributed by atoms with Crippen LogP contribution in [0.3, 0.4) is 0 Å². The van der Waals surface area contributed by atoms with Crippen LogP contribution < -0.4 is 11.1 Å². The molecule has 0 atom stereocenters. The molecule has 5 heteroatoms. The maximum atomic E-state index is 13.1. The summed E-state index contributed by atoms with van der Waals surface area (Å²) in [6.07, 6.45) is 1.48. The number of halogens is 2. The number of aromatic nitrogens is 1. The van der Waals surface area contributed by atoms with Crippen molar-refractivity contribution in [3.05, 3.63) is 46.9 Å². The fourth-order valence-corrected chi connectivity index (χ4v) is 1.58. The molecule has 88 valence electrons. The molecule has 0 aliphatic rings. The molecule has 1 aromatic carbocycles. The molecule has 17 heavy (non-hydrogen) atoms. The summed E-state index contributed by atoms with van der Waals surface area (Å²) in [5, 5.41) is 3.44. The molecule has 0 unspecified atom stereocenters. The summed E-state index contributed by atoms with van der Waals surface area (Å²) in [7, 11) is 0. The van der Waals surface area contributed by atoms with Crippen molar-refractivity contribution < 1.29 is 4.39 Å². The van der Waals surface area contributed by atoms with Crippen LogP contribution in [0, 0.1) is 12.7 Å². The van der Waals surface area contributed by atoms with Gasteiger partial charge in [0, 0.05) is 11.9 Å². The number of anilines is 3. The molecule has 3 nitrogen and oxygen atoms in total. The molecule has 0 saturated carbocycles. The number of nitrogens with one attached hydrogen (secondary N) is 1. The standard InChI is InChI=1S/C12H11ClFN3/c1-7-2-3-9(14)5-11(7)17-12-10(15)4-8(13)6-16-12/h2-6H,15H2,1H3,(H,16,17). The van der Waals surface area contributed by atoms with E-state index in [2.05, 4.69) is 10.3 Å². The minimum atomic E-state index is -0.314. The lowest BCUT2D eigenvalue weighted by molar-refractivity contribution is 0.628. The minimum absolute atomic E-state index is 0.314. The molecular formula is C12H11ClFN3. The number of nitrogen functional groups attached to an aromatic ring is 1. The monoisotopic (exact) mass is 251 g/mol. The van der Waals surface area contributed by atoms with E-state index in [9.17, 15) is 4.39 Å². The van der Waals surface area contributed by atoms with Crippen molar-refractivity contribution in [3.63, 3.8) is 0 Å². The molecule has 0 aliphatic carbocycles. The van der Waals surface area contributed by atoms with E-state index in [-0.39, 0.29) is 5.82 Å². The number of hydrogen-bond acceptors (Lipinski definition) is 3. The normalized spacial score (nSPS) is 10.3. The molecule has 2 aromatic rings. The fourth-order valence-electron chi connectivity index (χ4n) is 1.42. The van der Waals surface area contributed by atoms with Crippen LogP contribution in [0.1, 0.15) is 5.56 Å². The van der Waals surface area contributed by atoms with E-state index in [1.165, 1.54) is 18.3 Å². The number of benzene rings is 1. The first-order chi connectivity index (χ1) is 8.06. The lowest BCUT2D eigenvalue weighted by atomic mass is 10.2. The summed E-state index contributed by atoms with van der Waals surface area (Å²) < 4.78 is 13.1. The molecule has 3 N–H and O–H groups in total. The van der Waals surface area contributed by atoms with Crippen molar-refractivity contribution >= 4 is 28.8 Å². The first-order valence-corrected chi connectivity index (χ1v) is 5.38. The summed E-state index contributed by atoms with van der Waals surface area (Å²) in [6, 6.07) is 6.07. The molecule has 0 fully saturated rings. The van der Waals surface area contributed by atoms with Gasteiger partial charge in [-0.25, -0.2) is 9.37 Å². The topological polar surface area (TPSA) is 50.9 Å². The predicted octanol–water partition coefficient (Wildman–Crippen LogP) is 3.51. The zero-order valence-corrected chi connectivity index (χ0v) is 9.92. The Morgan fingerprint density at radius 3 is 2.82 bits per heavy atom. The average Bonchev–Trinajstić information content (AvgIpc) is 2.27. The van der Waals surface area contributed by atoms with Crippen molar-refractivity contribution in [2.45, 2.75) is 6.92 Å². The third kappa shape index (κ3) is 2.65. The third-order valence-corrected chi connectivity index (χ3v) is 2.54. The van der Waals surface area contributed by atoms with E-state index < -0.39 is 0 Å². The highest BCUT2D eigenvalue weighted by atomic mass is 35.5. The minimum Gasteiger partial charge on any atom is -0.396 e. The molecule has 1 heterocycles. The number of hydrogen-bond donors (Lipinski definition) is 2. The van der Waals surface area contributed by atoms with Gasteiger partial charge in [0.25, 0.3) is 0 Å². The van der Waals surface area contributed by atoms with Gasteiger partial charge in [0.2, 0.25) is 0 Å². The Morgan fingerprint density at radius 2 is 2.12 bits per heavy atom. The van der Waals surface area contributed by atoms with Crippen LogP contribution in [0.2, 0.25) is 5.02 Å². The maximum Gasteiger partial charge on any atom is 0.153 e. The van der Waals surface area contributed by atoms with Crippen molar-refractivity contribution in [1.82, 2.24) is 4.98 Å². The molecule has 0 aliphatic heterocycles. The van der Waals surface area contributed by atoms with Crippen molar-refractivity contribution in [2.24, 2.45) is 0 Å². The first-order valence-electron chi connectivity index (χ1n) is 5.00. The maximum absolute atomic E-state index is 13.1. The number of aryl methyl sites for hydroxylation is 1. The Labute approximate surface area is 103 Å². The molecule has 0 bridgehead atoms. The third-order valence-electron chi connectivity index (χ3n) is 2.34. The van der Waals surface area contributed by atoms with Crippen molar-refractivity contribution in [1.29, 1.82) is 0 Å². The molecule has 2 rings (SSSR count). The zero-order chi connectivity index (χ0) is 12.4. The number of rotatable bonds is 2. The second kappa shape index (κ2) is 4.59. The van der Waals surface area contributed by atoms with Crippen LogP contribution in [0.25, 0.3) is 0 Å². The molecule has 0 radical (unpaired) electrons. The number of nitrogens with two attached hydrogens (primary N) is 1. The highest BCUT2D eigenvalue weighted by Gasteiger charge is 2.05. The summed E-state index contributed by atoms with van der Waals surface area (Å²) >= 11 is 5.75. The average molecular weight is 252 g/mol. The Kier molecular flexibility index (Phi) is 3.15. The van der Waals surface area contributed by atoms with Gasteiger partial charge in [0.15, 0.2) is 5.82 Å². The van der Waals surface area contributed by atoms with Gasteiger partial charge >= 0.3 is 0 Å². The number of pyridine rings is 1. The molecule has 0 amide bonds. The van der Waals surface area contributed by atoms with E-state index in [0.29, 0.717) is 22.2 Å². The summed E-state index contributed by atoms with van der Waals surface area (Å²) in [5.41, 5.74) is 7.71. The van der Waals surface area contributed by atoms with Crippen LogP contribution in [-0.4, -0.2) is 4.98 Å². The van der Waals surface area contributed by atoms with E-state index in [1.54, 1.807) is 12.1 Å². The Bertz CT molecular complexity index is 557. The van der Waals surface area contributed by atoms with Crippen LogP contribution >= 0.6 is 11.6 Å². The fraction of sp³-hybridized carbons (Fsp3) is 0.0833. The van der Waals surface area contributed by atoms with Gasteiger partial charge in [-0.3, -0.25) is 0 Å². The van der Waals surface area contributed by atoms with Crippen LogP contribution in [0.15, 0.2) is 30.5 Å². The summed E-state index contributed by atoms with van der Waals surface area (Å²) in [4.78, 5) is 4.05. The van der Waals surface area contributed by atoms with Gasteiger partial charge in [0.1, 0.15) is 5.82 Å². The van der Waals surface area contributed by atoms with Crippen LogP contribution in [0.5, 0.6) is 0 Å². The smallest absolute Gasteiger partial charge is 0.153 e. The SMILES string of the molecule is Cc1ccc(F)cc1Nc1ncc(Cl)cc1N. The lowest BCUT2D eigenvalue weighted by Crippen LogP contribution is -2.00. The predicted molar refractivity (Wildman–Crippen MR) is 68.1 cm³/mol. The molecule has 0 saturated heterocycles. The van der Waals surface area contributed by atoms with Gasteiger partial charge < -0.3 is 11.1 Å². The van der Waals surface area contributed by atoms with E-state index in [0.717, 1.165) is 5.56 Å². The number of nitrogens with zero attached hydrogens (tertiary/aromatic N) is 1. The molecular weight excluding hydrogens is 241 g/mol. The quantitative estimate of drug-likeness (QED) is 0.859. The van der Waals surface area contributed by atoms with Crippen molar-refractivity contribution in [3.8, 4) is 0 Å². The van der Waals surface area contributed by atoms with Crippen molar-refractivity contribution in [2.75, 3.05) is 11.1 Å². The Hall–Kier alpha value is -1.81. The lowest BCUT2D eigenvalue weighted by Gasteiger charge is -2.10. The largest absolute Gasteiger partial charge is 0.396 e. The van der Waals surface area contributed by atoms with Crippen LogP contribution in [-0.2, 0) is 0 Å². The second-order valence-electron chi connectivity index (χ2n) is 3.68. The van der Waals surface area contributed by atoms with E-state index in [4.69, 9.17) is 17.3 Å². The Morgan fingerprint density at radius 1 is 1.35 bits per heavy atom. The van der Waals surface area contributed by atoms with E-state index in [1.807, 2.05) is 6.92 Å².